The molecule has 0 bridgehead atoms. The predicted molar refractivity (Wildman–Crippen MR) is 99.7 cm³/mol. The summed E-state index contributed by atoms with van der Waals surface area (Å²) >= 11 is 0. The van der Waals surface area contributed by atoms with Crippen LogP contribution < -0.4 is 5.32 Å². The fourth-order valence-corrected chi connectivity index (χ4v) is 5.18. The summed E-state index contributed by atoms with van der Waals surface area (Å²) in [5.41, 5.74) is 0. The molecule has 1 aliphatic heterocycles. The molecule has 0 amide bonds. The third-order valence-electron chi connectivity index (χ3n) is 5.18. The highest BCUT2D eigenvalue weighted by Crippen LogP contribution is 2.28. The van der Waals surface area contributed by atoms with Gasteiger partial charge in [0.05, 0.1) is 12.3 Å². The van der Waals surface area contributed by atoms with E-state index in [0.29, 0.717) is 19.6 Å². The Kier molecular flexibility index (Phi) is 7.34. The summed E-state index contributed by atoms with van der Waals surface area (Å²) in [6, 6.07) is 0. The van der Waals surface area contributed by atoms with Gasteiger partial charge in [-0.3, -0.25) is 4.99 Å². The molecule has 1 aliphatic carbocycles. The van der Waals surface area contributed by atoms with Crippen LogP contribution in [-0.4, -0.2) is 69.1 Å². The summed E-state index contributed by atoms with van der Waals surface area (Å²) in [6.45, 7) is 7.92. The molecule has 2 rings (SSSR count). The van der Waals surface area contributed by atoms with Crippen LogP contribution >= 0.6 is 0 Å². The van der Waals surface area contributed by atoms with Crippen LogP contribution in [0.25, 0.3) is 0 Å². The fourth-order valence-electron chi connectivity index (χ4n) is 3.66. The van der Waals surface area contributed by atoms with E-state index in [1.807, 2.05) is 0 Å². The normalized spacial score (nSPS) is 28.0. The first-order chi connectivity index (χ1) is 11.4. The van der Waals surface area contributed by atoms with Crippen LogP contribution in [0.15, 0.2) is 4.99 Å². The minimum atomic E-state index is -3.02. The van der Waals surface area contributed by atoms with Gasteiger partial charge in [0.2, 0.25) is 10.0 Å². The van der Waals surface area contributed by atoms with Gasteiger partial charge in [0.15, 0.2) is 5.96 Å². The number of aliphatic imine (C=N–C) groups is 1. The molecule has 0 aromatic rings. The molecule has 1 saturated carbocycles. The summed E-state index contributed by atoms with van der Waals surface area (Å²) in [7, 11) is -0.926. The molecular formula is C17H34N4O2S. The Hall–Kier alpha value is -0.820. The van der Waals surface area contributed by atoms with Crippen molar-refractivity contribution >= 4 is 16.0 Å². The van der Waals surface area contributed by atoms with Gasteiger partial charge in [-0.2, -0.15) is 0 Å². The monoisotopic (exact) mass is 358 g/mol. The topological polar surface area (TPSA) is 65.0 Å². The summed E-state index contributed by atoms with van der Waals surface area (Å²) < 4.78 is 25.2. The second-order valence-electron chi connectivity index (χ2n) is 7.31. The third-order valence-corrected chi connectivity index (χ3v) is 7.13. The Morgan fingerprint density at radius 1 is 1.29 bits per heavy atom. The third kappa shape index (κ3) is 5.62. The van der Waals surface area contributed by atoms with Crippen molar-refractivity contribution in [3.05, 3.63) is 0 Å². The number of nitrogens with one attached hydrogen (secondary N) is 1. The molecule has 0 unspecified atom stereocenters. The van der Waals surface area contributed by atoms with Crippen molar-refractivity contribution in [2.45, 2.75) is 46.0 Å². The highest BCUT2D eigenvalue weighted by Gasteiger charge is 2.27. The Labute approximate surface area is 147 Å². The zero-order chi connectivity index (χ0) is 17.6. The molecule has 2 fully saturated rings. The van der Waals surface area contributed by atoms with E-state index in [1.54, 1.807) is 4.31 Å². The van der Waals surface area contributed by atoms with E-state index in [1.165, 1.54) is 25.7 Å². The lowest BCUT2D eigenvalue weighted by Gasteiger charge is -2.31. The van der Waals surface area contributed by atoms with Crippen molar-refractivity contribution < 1.29 is 8.42 Å². The van der Waals surface area contributed by atoms with Crippen LogP contribution in [0.5, 0.6) is 0 Å². The Morgan fingerprint density at radius 2 is 2.00 bits per heavy atom. The van der Waals surface area contributed by atoms with Crippen LogP contribution in [-0.2, 0) is 10.0 Å². The minimum Gasteiger partial charge on any atom is -0.357 e. The van der Waals surface area contributed by atoms with Crippen molar-refractivity contribution in [2.24, 2.45) is 16.8 Å². The van der Waals surface area contributed by atoms with Gasteiger partial charge in [-0.1, -0.05) is 19.8 Å². The standard InChI is InChI=1S/C17H34N4O2S/c1-4-18-17(19-10-12-21-11-5-13-24(21,22)23)20(3)14-16-8-6-15(2)7-9-16/h15-16H,4-14H2,1-3H3,(H,18,19). The fraction of sp³-hybridized carbons (Fsp3) is 0.941. The van der Waals surface area contributed by atoms with Gasteiger partial charge in [-0.05, 0) is 38.0 Å². The average molecular weight is 359 g/mol. The molecule has 2 aliphatic rings. The first-order valence-electron chi connectivity index (χ1n) is 9.39. The average Bonchev–Trinajstić information content (AvgIpc) is 2.87. The maximum atomic E-state index is 11.8. The van der Waals surface area contributed by atoms with Crippen molar-refractivity contribution in [1.82, 2.24) is 14.5 Å². The summed E-state index contributed by atoms with van der Waals surface area (Å²) in [5.74, 6) is 2.80. The summed E-state index contributed by atoms with van der Waals surface area (Å²) in [6.07, 6.45) is 6.01. The largest absolute Gasteiger partial charge is 0.357 e. The lowest BCUT2D eigenvalue weighted by molar-refractivity contribution is 0.250. The quantitative estimate of drug-likeness (QED) is 0.580. The second-order valence-corrected chi connectivity index (χ2v) is 9.40. The van der Waals surface area contributed by atoms with Crippen molar-refractivity contribution in [2.75, 3.05) is 45.5 Å². The SMILES string of the molecule is CCNC(=NCCN1CCCS1(=O)=O)N(C)CC1CCC(C)CC1. The van der Waals surface area contributed by atoms with E-state index in [4.69, 9.17) is 0 Å². The number of sulfonamides is 1. The van der Waals surface area contributed by atoms with E-state index >= 15 is 0 Å². The Bertz CT molecular complexity index is 513. The van der Waals surface area contributed by atoms with Crippen LogP contribution in [0.3, 0.4) is 0 Å². The molecule has 0 radical (unpaired) electrons. The summed E-state index contributed by atoms with van der Waals surface area (Å²) in [4.78, 5) is 6.86. The van der Waals surface area contributed by atoms with Crippen LogP contribution in [0.2, 0.25) is 0 Å². The highest BCUT2D eigenvalue weighted by molar-refractivity contribution is 7.89. The molecule has 0 aromatic carbocycles. The summed E-state index contributed by atoms with van der Waals surface area (Å²) in [5, 5.41) is 3.33. The van der Waals surface area contributed by atoms with E-state index in [9.17, 15) is 8.42 Å². The van der Waals surface area contributed by atoms with Gasteiger partial charge in [0.1, 0.15) is 0 Å². The first kappa shape index (κ1) is 19.5. The molecule has 140 valence electrons. The lowest BCUT2D eigenvalue weighted by atomic mass is 9.83. The molecule has 0 atom stereocenters. The molecule has 7 heteroatoms. The molecule has 0 spiro atoms. The molecule has 1 N–H and O–H groups in total. The number of guanidine groups is 1. The molecule has 6 nitrogen and oxygen atoms in total. The zero-order valence-electron chi connectivity index (χ0n) is 15.5. The van der Waals surface area contributed by atoms with Gasteiger partial charge in [0.25, 0.3) is 0 Å². The van der Waals surface area contributed by atoms with Crippen molar-refractivity contribution in [3.8, 4) is 0 Å². The van der Waals surface area contributed by atoms with Gasteiger partial charge in [0, 0.05) is 33.2 Å². The van der Waals surface area contributed by atoms with Crippen molar-refractivity contribution in [3.63, 3.8) is 0 Å². The predicted octanol–water partition coefficient (Wildman–Crippen LogP) is 1.75. The van der Waals surface area contributed by atoms with Crippen LogP contribution in [0.1, 0.15) is 46.0 Å². The second kappa shape index (κ2) is 9.04. The molecule has 1 heterocycles. The van der Waals surface area contributed by atoms with Gasteiger partial charge >= 0.3 is 0 Å². The molecule has 24 heavy (non-hydrogen) atoms. The first-order valence-corrected chi connectivity index (χ1v) is 11.0. The van der Waals surface area contributed by atoms with Gasteiger partial charge < -0.3 is 10.2 Å². The Morgan fingerprint density at radius 3 is 2.58 bits per heavy atom. The van der Waals surface area contributed by atoms with E-state index in [0.717, 1.165) is 37.3 Å². The number of hydrogen-bond acceptors (Lipinski definition) is 3. The van der Waals surface area contributed by atoms with Crippen LogP contribution in [0.4, 0.5) is 0 Å². The molecular weight excluding hydrogens is 324 g/mol. The molecule has 1 saturated heterocycles. The smallest absolute Gasteiger partial charge is 0.214 e. The number of hydrogen-bond donors (Lipinski definition) is 1. The Balaban J connectivity index is 1.85. The van der Waals surface area contributed by atoms with Crippen molar-refractivity contribution in [1.29, 1.82) is 0 Å². The van der Waals surface area contributed by atoms with E-state index in [-0.39, 0.29) is 5.75 Å². The van der Waals surface area contributed by atoms with Gasteiger partial charge in [-0.15, -0.1) is 0 Å². The van der Waals surface area contributed by atoms with Gasteiger partial charge in [-0.25, -0.2) is 12.7 Å². The van der Waals surface area contributed by atoms with Crippen LogP contribution in [0, 0.1) is 11.8 Å². The minimum absolute atomic E-state index is 0.288. The lowest BCUT2D eigenvalue weighted by Crippen LogP contribution is -2.42. The maximum Gasteiger partial charge on any atom is 0.214 e. The zero-order valence-corrected chi connectivity index (χ0v) is 16.3. The highest BCUT2D eigenvalue weighted by atomic mass is 32.2. The van der Waals surface area contributed by atoms with E-state index in [2.05, 4.69) is 36.1 Å². The number of nitrogens with zero attached hydrogens (tertiary/aromatic N) is 3. The number of rotatable bonds is 6. The van der Waals surface area contributed by atoms with E-state index < -0.39 is 10.0 Å². The maximum absolute atomic E-state index is 11.8. The molecule has 0 aromatic heterocycles.